The summed E-state index contributed by atoms with van der Waals surface area (Å²) < 4.78 is 35.1. The van der Waals surface area contributed by atoms with Crippen molar-refractivity contribution in [2.24, 2.45) is 0 Å². The van der Waals surface area contributed by atoms with E-state index in [4.69, 9.17) is 16.3 Å². The summed E-state index contributed by atoms with van der Waals surface area (Å²) in [4.78, 5) is 28.2. The van der Waals surface area contributed by atoms with Crippen LogP contribution >= 0.6 is 27.5 Å². The molecule has 0 atom stereocenters. The first-order chi connectivity index (χ1) is 14.8. The Kier molecular flexibility index (Phi) is 5.68. The number of aromatic amines is 1. The molecule has 0 radical (unpaired) electrons. The highest BCUT2D eigenvalue weighted by atomic mass is 79.9. The first-order valence-electron chi connectivity index (χ1n) is 9.03. The zero-order valence-electron chi connectivity index (χ0n) is 16.0. The highest BCUT2D eigenvalue weighted by molar-refractivity contribution is 9.10. The van der Waals surface area contributed by atoms with E-state index < -0.39 is 23.1 Å². The summed E-state index contributed by atoms with van der Waals surface area (Å²) in [5.74, 6) is -1.69. The number of fused-ring (bicyclic) bond motifs is 1. The molecule has 0 aliphatic heterocycles. The number of halogens is 4. The second-order valence-electron chi connectivity index (χ2n) is 6.76. The van der Waals surface area contributed by atoms with Crippen LogP contribution in [0.15, 0.2) is 57.8 Å². The lowest BCUT2D eigenvalue weighted by Crippen LogP contribution is -2.18. The van der Waals surface area contributed by atoms with E-state index in [0.717, 1.165) is 23.8 Å². The van der Waals surface area contributed by atoms with Gasteiger partial charge in [-0.05, 0) is 51.8 Å². The van der Waals surface area contributed by atoms with Gasteiger partial charge in [0, 0.05) is 11.6 Å². The fourth-order valence-electron chi connectivity index (χ4n) is 3.33. The predicted molar refractivity (Wildman–Crippen MR) is 117 cm³/mol. The van der Waals surface area contributed by atoms with Crippen LogP contribution in [0.5, 0.6) is 5.75 Å². The molecule has 158 valence electrons. The first kappa shape index (κ1) is 21.3. The normalized spacial score (nSPS) is 11.1. The number of aromatic nitrogens is 2. The van der Waals surface area contributed by atoms with Gasteiger partial charge in [0.05, 0.1) is 39.7 Å². The molecule has 1 heterocycles. The van der Waals surface area contributed by atoms with E-state index in [1.165, 1.54) is 10.6 Å². The van der Waals surface area contributed by atoms with Crippen LogP contribution < -0.4 is 10.4 Å². The van der Waals surface area contributed by atoms with Crippen molar-refractivity contribution in [2.45, 2.75) is 6.54 Å². The number of carbonyl (C=O) groups excluding carboxylic acids is 1. The second kappa shape index (κ2) is 8.28. The lowest BCUT2D eigenvalue weighted by Gasteiger charge is -2.11. The minimum Gasteiger partial charge on any atom is -0.497 e. The average molecular weight is 508 g/mol. The van der Waals surface area contributed by atoms with Crippen LogP contribution in [0, 0.1) is 11.6 Å². The smallest absolute Gasteiger partial charge is 0.326 e. The Bertz CT molecular complexity index is 1380. The number of hydrogen-bond acceptors (Lipinski definition) is 3. The molecule has 5 nitrogen and oxygen atoms in total. The molecule has 0 aliphatic carbocycles. The summed E-state index contributed by atoms with van der Waals surface area (Å²) in [6.45, 7) is 0.168. The average Bonchev–Trinajstić information content (AvgIpc) is 3.05. The number of methoxy groups -OCH3 is 1. The van der Waals surface area contributed by atoms with Crippen molar-refractivity contribution in [3.8, 4) is 5.75 Å². The predicted octanol–water partition coefficient (Wildman–Crippen LogP) is 5.31. The summed E-state index contributed by atoms with van der Waals surface area (Å²) in [7, 11) is 1.55. The van der Waals surface area contributed by atoms with E-state index in [0.29, 0.717) is 11.3 Å². The van der Waals surface area contributed by atoms with Gasteiger partial charge in [-0.25, -0.2) is 13.6 Å². The maximum Gasteiger partial charge on any atom is 0.326 e. The molecule has 0 unspecified atom stereocenters. The van der Waals surface area contributed by atoms with Crippen molar-refractivity contribution in [1.29, 1.82) is 0 Å². The van der Waals surface area contributed by atoms with Crippen LogP contribution in [0.3, 0.4) is 0 Å². The minimum atomic E-state index is -0.873. The van der Waals surface area contributed by atoms with E-state index in [2.05, 4.69) is 20.9 Å². The maximum atomic E-state index is 14.9. The van der Waals surface area contributed by atoms with Crippen molar-refractivity contribution in [3.63, 3.8) is 0 Å². The number of imidazole rings is 1. The molecule has 3 aromatic carbocycles. The summed E-state index contributed by atoms with van der Waals surface area (Å²) in [6.07, 6.45) is 0. The Labute approximate surface area is 188 Å². The molecule has 1 aromatic heterocycles. The van der Waals surface area contributed by atoms with Gasteiger partial charge in [-0.15, -0.1) is 0 Å². The van der Waals surface area contributed by atoms with Gasteiger partial charge in [-0.2, -0.15) is 0 Å². The number of nitrogens with zero attached hydrogens (tertiary/aromatic N) is 1. The van der Waals surface area contributed by atoms with Gasteiger partial charge in [0.1, 0.15) is 17.4 Å². The summed E-state index contributed by atoms with van der Waals surface area (Å²) in [5.41, 5.74) is 0.311. The molecular formula is C22H14BrClF2N2O3. The zero-order chi connectivity index (χ0) is 22.3. The Morgan fingerprint density at radius 3 is 2.55 bits per heavy atom. The van der Waals surface area contributed by atoms with Crippen molar-refractivity contribution in [3.05, 3.63) is 96.8 Å². The Morgan fingerprint density at radius 2 is 1.87 bits per heavy atom. The Morgan fingerprint density at radius 1 is 1.16 bits per heavy atom. The molecule has 0 saturated heterocycles. The number of nitrogens with one attached hydrogen (secondary N) is 1. The second-order valence-corrected chi connectivity index (χ2v) is 7.96. The van der Waals surface area contributed by atoms with Crippen molar-refractivity contribution in [1.82, 2.24) is 9.55 Å². The van der Waals surface area contributed by atoms with E-state index in [1.807, 2.05) is 0 Å². The molecule has 9 heteroatoms. The molecule has 4 aromatic rings. The van der Waals surface area contributed by atoms with E-state index >= 15 is 0 Å². The largest absolute Gasteiger partial charge is 0.497 e. The lowest BCUT2D eigenvalue weighted by atomic mass is 10.0. The molecule has 1 N–H and O–H groups in total. The topological polar surface area (TPSA) is 64.1 Å². The maximum absolute atomic E-state index is 14.9. The van der Waals surface area contributed by atoms with Gasteiger partial charge in [0.2, 0.25) is 0 Å². The Hall–Kier alpha value is -2.97. The minimum absolute atomic E-state index is 0.0116. The number of benzene rings is 3. The van der Waals surface area contributed by atoms with E-state index in [1.54, 1.807) is 31.4 Å². The standard InChI is InChI=1S/C22H14BrClF2N2O3/c1-31-13-5-2-11(3-6-13)10-28-20-17(27-22(28)30)9-16(26)18(19(20)23)21(29)14-8-12(25)4-7-15(14)24/h2-9H,10H2,1H3,(H,27,30). The number of rotatable bonds is 5. The number of ether oxygens (including phenoxy) is 1. The number of carbonyl (C=O) groups is 1. The number of H-pyrrole nitrogens is 1. The van der Waals surface area contributed by atoms with Crippen molar-refractivity contribution in [2.75, 3.05) is 7.11 Å². The third kappa shape index (κ3) is 3.88. The molecule has 0 saturated carbocycles. The van der Waals surface area contributed by atoms with Crippen molar-refractivity contribution < 1.29 is 18.3 Å². The number of hydrogen-bond donors (Lipinski definition) is 1. The molecular weight excluding hydrogens is 494 g/mol. The van der Waals surface area contributed by atoms with E-state index in [9.17, 15) is 18.4 Å². The first-order valence-corrected chi connectivity index (χ1v) is 10.2. The van der Waals surface area contributed by atoms with Gasteiger partial charge in [-0.3, -0.25) is 9.36 Å². The summed E-state index contributed by atoms with van der Waals surface area (Å²) in [6, 6.07) is 11.4. The highest BCUT2D eigenvalue weighted by Crippen LogP contribution is 2.32. The lowest BCUT2D eigenvalue weighted by molar-refractivity contribution is 0.103. The summed E-state index contributed by atoms with van der Waals surface area (Å²) >= 11 is 9.31. The third-order valence-electron chi connectivity index (χ3n) is 4.85. The highest BCUT2D eigenvalue weighted by Gasteiger charge is 2.25. The fourth-order valence-corrected chi connectivity index (χ4v) is 4.33. The van der Waals surface area contributed by atoms with E-state index in [-0.39, 0.29) is 32.7 Å². The van der Waals surface area contributed by atoms with Crippen LogP contribution in [-0.2, 0) is 6.54 Å². The zero-order valence-corrected chi connectivity index (χ0v) is 18.4. The fraction of sp³-hybridized carbons (Fsp3) is 0.0909. The summed E-state index contributed by atoms with van der Waals surface area (Å²) in [5, 5.41) is -0.0116. The van der Waals surface area contributed by atoms with Crippen LogP contribution in [-0.4, -0.2) is 22.4 Å². The monoisotopic (exact) mass is 506 g/mol. The van der Waals surface area contributed by atoms with Crippen molar-refractivity contribution >= 4 is 44.3 Å². The molecule has 0 spiro atoms. The third-order valence-corrected chi connectivity index (χ3v) is 5.95. The quantitative estimate of drug-likeness (QED) is 0.372. The molecule has 0 aliphatic rings. The number of ketones is 1. The molecule has 31 heavy (non-hydrogen) atoms. The van der Waals surface area contributed by atoms with Gasteiger partial charge < -0.3 is 9.72 Å². The molecule has 0 bridgehead atoms. The van der Waals surface area contributed by atoms with Crippen LogP contribution in [0.4, 0.5) is 8.78 Å². The molecule has 0 fully saturated rings. The molecule has 4 rings (SSSR count). The van der Waals surface area contributed by atoms with Gasteiger partial charge in [0.25, 0.3) is 0 Å². The Balaban J connectivity index is 1.86. The molecule has 0 amide bonds. The van der Waals surface area contributed by atoms with Crippen LogP contribution in [0.25, 0.3) is 11.0 Å². The van der Waals surface area contributed by atoms with Crippen LogP contribution in [0.2, 0.25) is 5.02 Å². The SMILES string of the molecule is COc1ccc(Cn2c(=O)[nH]c3cc(F)c(C(=O)c4cc(F)ccc4Cl)c(Br)c32)cc1. The van der Waals surface area contributed by atoms with Gasteiger partial charge in [0.15, 0.2) is 5.78 Å². The van der Waals surface area contributed by atoms with Gasteiger partial charge in [-0.1, -0.05) is 23.7 Å². The van der Waals surface area contributed by atoms with Crippen LogP contribution in [0.1, 0.15) is 21.5 Å². The van der Waals surface area contributed by atoms with Gasteiger partial charge >= 0.3 is 5.69 Å².